The van der Waals surface area contributed by atoms with Crippen LogP contribution in [0.5, 0.6) is 11.5 Å². The van der Waals surface area contributed by atoms with E-state index in [1.54, 1.807) is 12.1 Å². The Morgan fingerprint density at radius 1 is 1.36 bits per heavy atom. The first-order valence-electron chi connectivity index (χ1n) is 3.66. The van der Waals surface area contributed by atoms with Gasteiger partial charge in [0.15, 0.2) is 11.5 Å². The van der Waals surface area contributed by atoms with E-state index < -0.39 is 10.1 Å². The van der Waals surface area contributed by atoms with Crippen molar-refractivity contribution in [1.29, 1.82) is 0 Å². The molecule has 14 heavy (non-hydrogen) atoms. The van der Waals surface area contributed by atoms with Crippen LogP contribution in [0.2, 0.25) is 5.02 Å². The second-order valence-corrected chi connectivity index (χ2v) is 4.54. The molecular formula is C8H9ClO4S. The molecule has 0 fully saturated rings. The molecular weight excluding hydrogens is 228 g/mol. The summed E-state index contributed by atoms with van der Waals surface area (Å²) in [7, 11) is -2.18. The van der Waals surface area contributed by atoms with Crippen LogP contribution < -0.4 is 8.92 Å². The van der Waals surface area contributed by atoms with Gasteiger partial charge in [-0.1, -0.05) is 17.7 Å². The van der Waals surface area contributed by atoms with Gasteiger partial charge in [-0.15, -0.1) is 0 Å². The van der Waals surface area contributed by atoms with E-state index in [1.807, 2.05) is 0 Å². The van der Waals surface area contributed by atoms with E-state index in [1.165, 1.54) is 13.2 Å². The zero-order valence-electron chi connectivity index (χ0n) is 7.65. The number of para-hydroxylation sites is 1. The first-order valence-corrected chi connectivity index (χ1v) is 5.85. The molecule has 0 atom stereocenters. The van der Waals surface area contributed by atoms with Gasteiger partial charge in [0.05, 0.1) is 18.4 Å². The van der Waals surface area contributed by atoms with Gasteiger partial charge in [-0.05, 0) is 12.1 Å². The first-order chi connectivity index (χ1) is 6.44. The molecule has 0 aliphatic rings. The fourth-order valence-electron chi connectivity index (χ4n) is 0.916. The highest BCUT2D eigenvalue weighted by Gasteiger charge is 2.12. The molecule has 0 bridgehead atoms. The van der Waals surface area contributed by atoms with E-state index in [4.69, 9.17) is 16.3 Å². The summed E-state index contributed by atoms with van der Waals surface area (Å²) in [4.78, 5) is 0. The zero-order valence-corrected chi connectivity index (χ0v) is 9.22. The number of hydrogen-bond donors (Lipinski definition) is 0. The second kappa shape index (κ2) is 4.06. The average molecular weight is 237 g/mol. The van der Waals surface area contributed by atoms with Crippen molar-refractivity contribution in [2.45, 2.75) is 0 Å². The largest absolute Gasteiger partial charge is 0.491 e. The second-order valence-electron chi connectivity index (χ2n) is 2.56. The molecule has 78 valence electrons. The van der Waals surface area contributed by atoms with E-state index in [0.29, 0.717) is 5.02 Å². The van der Waals surface area contributed by atoms with E-state index >= 15 is 0 Å². The van der Waals surface area contributed by atoms with Crippen molar-refractivity contribution < 1.29 is 17.3 Å². The highest BCUT2D eigenvalue weighted by Crippen LogP contribution is 2.34. The van der Waals surface area contributed by atoms with Gasteiger partial charge in [0.25, 0.3) is 0 Å². The van der Waals surface area contributed by atoms with E-state index in [2.05, 4.69) is 4.18 Å². The van der Waals surface area contributed by atoms with Gasteiger partial charge in [-0.2, -0.15) is 8.42 Å². The topological polar surface area (TPSA) is 52.6 Å². The summed E-state index contributed by atoms with van der Waals surface area (Å²) in [6, 6.07) is 4.62. The lowest BCUT2D eigenvalue weighted by Gasteiger charge is -2.09. The maximum absolute atomic E-state index is 10.9. The summed E-state index contributed by atoms with van der Waals surface area (Å²) in [5.41, 5.74) is 0. The molecule has 6 heteroatoms. The Morgan fingerprint density at radius 3 is 2.50 bits per heavy atom. The summed E-state index contributed by atoms with van der Waals surface area (Å²) in [6.45, 7) is 0. The van der Waals surface area contributed by atoms with Gasteiger partial charge in [-0.3, -0.25) is 0 Å². The Hall–Kier alpha value is -0.940. The molecule has 0 unspecified atom stereocenters. The first kappa shape index (κ1) is 11.1. The lowest BCUT2D eigenvalue weighted by molar-refractivity contribution is 0.392. The molecule has 0 aliphatic carbocycles. The standard InChI is InChI=1S/C8H9ClO4S/c1-12-8-6(9)4-3-5-7(8)13-14(2,10)11/h3-5H,1-2H3. The molecule has 0 N–H and O–H groups in total. The van der Waals surface area contributed by atoms with Crippen molar-refractivity contribution in [2.75, 3.05) is 13.4 Å². The van der Waals surface area contributed by atoms with Crippen LogP contribution in [0, 0.1) is 0 Å². The lowest BCUT2D eigenvalue weighted by atomic mass is 10.3. The highest BCUT2D eigenvalue weighted by molar-refractivity contribution is 7.86. The molecule has 0 aliphatic heterocycles. The van der Waals surface area contributed by atoms with Crippen LogP contribution in [0.1, 0.15) is 0 Å². The van der Waals surface area contributed by atoms with Gasteiger partial charge in [0, 0.05) is 0 Å². The average Bonchev–Trinajstić information content (AvgIpc) is 2.01. The molecule has 1 aromatic carbocycles. The van der Waals surface area contributed by atoms with Crippen molar-refractivity contribution in [3.05, 3.63) is 23.2 Å². The Balaban J connectivity index is 3.15. The molecule has 0 heterocycles. The molecule has 0 saturated carbocycles. The number of methoxy groups -OCH3 is 1. The third-order valence-electron chi connectivity index (χ3n) is 1.38. The summed E-state index contributed by atoms with van der Waals surface area (Å²) >= 11 is 5.76. The third-order valence-corrected chi connectivity index (χ3v) is 2.16. The number of ether oxygens (including phenoxy) is 1. The minimum Gasteiger partial charge on any atom is -0.491 e. The zero-order chi connectivity index (χ0) is 10.8. The Kier molecular flexibility index (Phi) is 3.23. The molecule has 1 aromatic rings. The van der Waals surface area contributed by atoms with Crippen LogP contribution in [0.4, 0.5) is 0 Å². The van der Waals surface area contributed by atoms with Crippen LogP contribution in [-0.4, -0.2) is 21.8 Å². The molecule has 0 radical (unpaired) electrons. The van der Waals surface area contributed by atoms with Gasteiger partial charge in [-0.25, -0.2) is 0 Å². The molecule has 0 amide bonds. The molecule has 4 nitrogen and oxygen atoms in total. The molecule has 0 spiro atoms. The normalized spacial score (nSPS) is 11.1. The summed E-state index contributed by atoms with van der Waals surface area (Å²) in [5, 5.41) is 0.300. The van der Waals surface area contributed by atoms with Crippen LogP contribution in [0.3, 0.4) is 0 Å². The van der Waals surface area contributed by atoms with Crippen molar-refractivity contribution >= 4 is 21.7 Å². The van der Waals surface area contributed by atoms with E-state index in [9.17, 15) is 8.42 Å². The molecule has 1 rings (SSSR count). The Labute approximate surface area is 87.5 Å². The van der Waals surface area contributed by atoms with Crippen LogP contribution >= 0.6 is 11.6 Å². The van der Waals surface area contributed by atoms with Crippen molar-refractivity contribution in [3.63, 3.8) is 0 Å². The maximum atomic E-state index is 10.9. The predicted octanol–water partition coefficient (Wildman–Crippen LogP) is 1.69. The summed E-state index contributed by atoms with van der Waals surface area (Å²) in [5.74, 6) is 0.294. The smallest absolute Gasteiger partial charge is 0.306 e. The van der Waals surface area contributed by atoms with Crippen LogP contribution in [-0.2, 0) is 10.1 Å². The molecule has 0 aromatic heterocycles. The van der Waals surface area contributed by atoms with Gasteiger partial charge >= 0.3 is 10.1 Å². The van der Waals surface area contributed by atoms with Crippen LogP contribution in [0.25, 0.3) is 0 Å². The number of benzene rings is 1. The predicted molar refractivity (Wildman–Crippen MR) is 53.5 cm³/mol. The fraction of sp³-hybridized carbons (Fsp3) is 0.250. The quantitative estimate of drug-likeness (QED) is 0.750. The number of rotatable bonds is 3. The van der Waals surface area contributed by atoms with E-state index in [-0.39, 0.29) is 11.5 Å². The maximum Gasteiger partial charge on any atom is 0.306 e. The summed E-state index contributed by atoms with van der Waals surface area (Å²) < 4.78 is 31.3. The monoisotopic (exact) mass is 236 g/mol. The summed E-state index contributed by atoms with van der Waals surface area (Å²) in [6.07, 6.45) is 0.952. The minimum atomic E-state index is -3.57. The van der Waals surface area contributed by atoms with Crippen molar-refractivity contribution in [2.24, 2.45) is 0 Å². The highest BCUT2D eigenvalue weighted by atomic mass is 35.5. The SMILES string of the molecule is COc1c(Cl)cccc1OS(C)(=O)=O. The van der Waals surface area contributed by atoms with E-state index in [0.717, 1.165) is 6.26 Å². The Bertz CT molecular complexity index is 427. The minimum absolute atomic E-state index is 0.0856. The van der Waals surface area contributed by atoms with Crippen LogP contribution in [0.15, 0.2) is 18.2 Å². The van der Waals surface area contributed by atoms with Gasteiger partial charge in [0.2, 0.25) is 0 Å². The lowest BCUT2D eigenvalue weighted by Crippen LogP contribution is -2.06. The Morgan fingerprint density at radius 2 is 2.00 bits per heavy atom. The fourth-order valence-corrected chi connectivity index (χ4v) is 1.62. The third kappa shape index (κ3) is 2.78. The van der Waals surface area contributed by atoms with Gasteiger partial charge < -0.3 is 8.92 Å². The molecule has 0 saturated heterocycles. The number of halogens is 1. The van der Waals surface area contributed by atoms with Crippen molar-refractivity contribution in [3.8, 4) is 11.5 Å². The van der Waals surface area contributed by atoms with Gasteiger partial charge in [0.1, 0.15) is 0 Å². The number of hydrogen-bond acceptors (Lipinski definition) is 4. The van der Waals surface area contributed by atoms with Crippen molar-refractivity contribution in [1.82, 2.24) is 0 Å².